The maximum Gasteiger partial charge on any atom is 0.321 e. The van der Waals surface area contributed by atoms with Crippen LogP contribution in [-0.4, -0.2) is 56.1 Å². The van der Waals surface area contributed by atoms with Crippen molar-refractivity contribution in [2.45, 2.75) is 45.6 Å². The molecule has 1 aliphatic rings. The van der Waals surface area contributed by atoms with Crippen molar-refractivity contribution in [2.24, 2.45) is 5.92 Å². The highest BCUT2D eigenvalue weighted by Crippen LogP contribution is 2.18. The van der Waals surface area contributed by atoms with Gasteiger partial charge in [-0.05, 0) is 45.3 Å². The van der Waals surface area contributed by atoms with E-state index < -0.39 is 6.03 Å². The van der Waals surface area contributed by atoms with E-state index in [1.165, 1.54) is 6.42 Å². The Bertz CT molecular complexity index is 334. The number of amides is 3. The first-order chi connectivity index (χ1) is 10.0. The molecule has 1 heterocycles. The van der Waals surface area contributed by atoms with Crippen molar-refractivity contribution in [3.63, 3.8) is 0 Å². The minimum absolute atomic E-state index is 0.215. The Morgan fingerprint density at radius 2 is 2.05 bits per heavy atom. The van der Waals surface area contributed by atoms with Crippen molar-refractivity contribution in [3.8, 4) is 0 Å². The van der Waals surface area contributed by atoms with E-state index in [1.807, 2.05) is 20.9 Å². The second-order valence-electron chi connectivity index (χ2n) is 6.16. The van der Waals surface area contributed by atoms with Crippen LogP contribution >= 0.6 is 0 Å². The number of carbonyl (C=O) groups is 2. The molecule has 6 nitrogen and oxygen atoms in total. The monoisotopic (exact) mass is 298 g/mol. The van der Waals surface area contributed by atoms with Gasteiger partial charge in [-0.2, -0.15) is 0 Å². The number of hydrogen-bond acceptors (Lipinski definition) is 4. The van der Waals surface area contributed by atoms with Gasteiger partial charge in [0.1, 0.15) is 0 Å². The third kappa shape index (κ3) is 7.43. The molecule has 0 aliphatic carbocycles. The lowest BCUT2D eigenvalue weighted by molar-refractivity contribution is -0.122. The molecule has 0 spiro atoms. The quantitative estimate of drug-likeness (QED) is 0.654. The molecule has 0 aromatic heterocycles. The summed E-state index contributed by atoms with van der Waals surface area (Å²) in [6.07, 6.45) is 4.53. The predicted molar refractivity (Wildman–Crippen MR) is 84.1 cm³/mol. The average Bonchev–Trinajstić information content (AvgIpc) is 2.44. The van der Waals surface area contributed by atoms with E-state index in [0.717, 1.165) is 32.4 Å². The SMILES string of the molecule is CNCCC1CCCCN1CC(=O)NC(=O)NCC(C)C. The van der Waals surface area contributed by atoms with Gasteiger partial charge in [-0.25, -0.2) is 4.79 Å². The largest absolute Gasteiger partial charge is 0.338 e. The Kier molecular flexibility index (Phi) is 8.30. The minimum Gasteiger partial charge on any atom is -0.338 e. The molecule has 1 saturated heterocycles. The van der Waals surface area contributed by atoms with E-state index >= 15 is 0 Å². The Hall–Kier alpha value is -1.14. The Labute approximate surface area is 128 Å². The number of carbonyl (C=O) groups excluding carboxylic acids is 2. The van der Waals surface area contributed by atoms with Crippen molar-refractivity contribution < 1.29 is 9.59 Å². The molecule has 6 heteroatoms. The molecule has 1 unspecified atom stereocenters. The maximum absolute atomic E-state index is 12.0. The molecule has 1 aliphatic heterocycles. The number of imide groups is 1. The van der Waals surface area contributed by atoms with Gasteiger partial charge in [0, 0.05) is 12.6 Å². The van der Waals surface area contributed by atoms with Crippen LogP contribution in [0.1, 0.15) is 39.5 Å². The molecule has 0 aromatic carbocycles. The summed E-state index contributed by atoms with van der Waals surface area (Å²) in [5, 5.41) is 8.27. The summed E-state index contributed by atoms with van der Waals surface area (Å²) in [5.41, 5.74) is 0. The van der Waals surface area contributed by atoms with Gasteiger partial charge >= 0.3 is 6.03 Å². The second kappa shape index (κ2) is 9.73. The van der Waals surface area contributed by atoms with Gasteiger partial charge in [-0.15, -0.1) is 0 Å². The molecule has 1 rings (SSSR count). The topological polar surface area (TPSA) is 73.5 Å². The van der Waals surface area contributed by atoms with E-state index in [4.69, 9.17) is 0 Å². The van der Waals surface area contributed by atoms with Gasteiger partial charge in [0.05, 0.1) is 6.54 Å². The van der Waals surface area contributed by atoms with Gasteiger partial charge in [0.2, 0.25) is 5.91 Å². The van der Waals surface area contributed by atoms with E-state index in [0.29, 0.717) is 25.0 Å². The summed E-state index contributed by atoms with van der Waals surface area (Å²) in [7, 11) is 1.94. The van der Waals surface area contributed by atoms with Crippen LogP contribution in [0.4, 0.5) is 4.79 Å². The Morgan fingerprint density at radius 1 is 1.29 bits per heavy atom. The summed E-state index contributed by atoms with van der Waals surface area (Å²) in [6, 6.07) is 0.0492. The third-order valence-electron chi connectivity index (χ3n) is 3.75. The molecule has 122 valence electrons. The highest BCUT2D eigenvalue weighted by molar-refractivity contribution is 5.95. The molecule has 0 saturated carbocycles. The predicted octanol–water partition coefficient (Wildman–Crippen LogP) is 0.932. The van der Waals surface area contributed by atoms with Crippen molar-refractivity contribution in [1.29, 1.82) is 0 Å². The van der Waals surface area contributed by atoms with E-state index in [9.17, 15) is 9.59 Å². The van der Waals surface area contributed by atoms with Gasteiger partial charge in [-0.1, -0.05) is 20.3 Å². The number of likely N-dealkylation sites (tertiary alicyclic amines) is 1. The lowest BCUT2D eigenvalue weighted by atomic mass is 9.99. The van der Waals surface area contributed by atoms with Crippen LogP contribution in [0.2, 0.25) is 0 Å². The van der Waals surface area contributed by atoms with E-state index in [1.54, 1.807) is 0 Å². The van der Waals surface area contributed by atoms with Crippen LogP contribution in [0.15, 0.2) is 0 Å². The van der Waals surface area contributed by atoms with E-state index in [-0.39, 0.29) is 5.91 Å². The van der Waals surface area contributed by atoms with Crippen LogP contribution in [0.5, 0.6) is 0 Å². The molecule has 1 fully saturated rings. The Balaban J connectivity index is 2.35. The van der Waals surface area contributed by atoms with Crippen molar-refractivity contribution >= 4 is 11.9 Å². The number of nitrogens with one attached hydrogen (secondary N) is 3. The summed E-state index contributed by atoms with van der Waals surface area (Å²) >= 11 is 0. The maximum atomic E-state index is 12.0. The number of piperidine rings is 1. The number of hydrogen-bond donors (Lipinski definition) is 3. The first-order valence-electron chi connectivity index (χ1n) is 7.99. The highest BCUT2D eigenvalue weighted by atomic mass is 16.2. The van der Waals surface area contributed by atoms with Gasteiger partial charge in [-0.3, -0.25) is 15.0 Å². The fourth-order valence-electron chi connectivity index (χ4n) is 2.60. The van der Waals surface area contributed by atoms with Crippen LogP contribution in [0.3, 0.4) is 0 Å². The molecule has 3 amide bonds. The van der Waals surface area contributed by atoms with Crippen LogP contribution < -0.4 is 16.0 Å². The lowest BCUT2D eigenvalue weighted by Crippen LogP contribution is -2.49. The zero-order valence-corrected chi connectivity index (χ0v) is 13.6. The van der Waals surface area contributed by atoms with Gasteiger partial charge < -0.3 is 10.6 Å². The smallest absolute Gasteiger partial charge is 0.321 e. The van der Waals surface area contributed by atoms with Crippen molar-refractivity contribution in [3.05, 3.63) is 0 Å². The first kappa shape index (κ1) is 17.9. The standard InChI is InChI=1S/C15H30N4O2/c1-12(2)10-17-15(21)18-14(20)11-19-9-5-4-6-13(19)7-8-16-3/h12-13,16H,4-11H2,1-3H3,(H2,17,18,20,21). The molecular weight excluding hydrogens is 268 g/mol. The molecule has 0 bridgehead atoms. The summed E-state index contributed by atoms with van der Waals surface area (Å²) in [5.74, 6) is 0.159. The molecule has 21 heavy (non-hydrogen) atoms. The lowest BCUT2D eigenvalue weighted by Gasteiger charge is -2.35. The van der Waals surface area contributed by atoms with Crippen LogP contribution in [-0.2, 0) is 4.79 Å². The molecule has 1 atom stereocenters. The second-order valence-corrected chi connectivity index (χ2v) is 6.16. The van der Waals surface area contributed by atoms with Crippen LogP contribution in [0, 0.1) is 5.92 Å². The minimum atomic E-state index is -0.391. The summed E-state index contributed by atoms with van der Waals surface area (Å²) < 4.78 is 0. The van der Waals surface area contributed by atoms with E-state index in [2.05, 4.69) is 20.9 Å². The van der Waals surface area contributed by atoms with Crippen molar-refractivity contribution in [2.75, 3.05) is 33.2 Å². The van der Waals surface area contributed by atoms with Gasteiger partial charge in [0.25, 0.3) is 0 Å². The third-order valence-corrected chi connectivity index (χ3v) is 3.75. The summed E-state index contributed by atoms with van der Waals surface area (Å²) in [6.45, 7) is 6.81. The summed E-state index contributed by atoms with van der Waals surface area (Å²) in [4.78, 5) is 25.7. The van der Waals surface area contributed by atoms with Crippen LogP contribution in [0.25, 0.3) is 0 Å². The first-order valence-corrected chi connectivity index (χ1v) is 7.99. The zero-order valence-electron chi connectivity index (χ0n) is 13.6. The van der Waals surface area contributed by atoms with Gasteiger partial charge in [0.15, 0.2) is 0 Å². The number of rotatable bonds is 7. The molecule has 0 radical (unpaired) electrons. The number of nitrogens with zero attached hydrogens (tertiary/aromatic N) is 1. The molecule has 0 aromatic rings. The molecule has 3 N–H and O–H groups in total. The number of urea groups is 1. The normalized spacial score (nSPS) is 19.5. The average molecular weight is 298 g/mol. The molecular formula is C15H30N4O2. The zero-order chi connectivity index (χ0) is 15.7. The fourth-order valence-corrected chi connectivity index (χ4v) is 2.60. The fraction of sp³-hybridized carbons (Fsp3) is 0.867. The Morgan fingerprint density at radius 3 is 2.71 bits per heavy atom. The van der Waals surface area contributed by atoms with Crippen molar-refractivity contribution in [1.82, 2.24) is 20.9 Å². The highest BCUT2D eigenvalue weighted by Gasteiger charge is 2.24.